The van der Waals surface area contributed by atoms with Gasteiger partial charge >= 0.3 is 0 Å². The molecule has 1 atom stereocenters. The first kappa shape index (κ1) is 10.5. The highest BCUT2D eigenvalue weighted by atomic mass is 35.5. The van der Waals surface area contributed by atoms with E-state index >= 15 is 0 Å². The molecule has 1 saturated heterocycles. The zero-order valence-corrected chi connectivity index (χ0v) is 7.92. The predicted octanol–water partition coefficient (Wildman–Crippen LogP) is 2.13. The molecule has 0 amide bonds. The molecule has 0 aromatic rings. The standard InChI is InChI=1S/C7H14ClN.ClH/c1-7(8)6-9-4-2-3-5-9;/h7H,2-6H2,1H3;1H/t7-;/m1./s1. The first-order chi connectivity index (χ1) is 4.29. The van der Waals surface area contributed by atoms with E-state index in [0.717, 1.165) is 6.54 Å². The summed E-state index contributed by atoms with van der Waals surface area (Å²) in [5.41, 5.74) is 0. The second kappa shape index (κ2) is 5.22. The van der Waals surface area contributed by atoms with E-state index in [-0.39, 0.29) is 12.4 Å². The minimum atomic E-state index is 0. The minimum Gasteiger partial charge on any atom is -0.302 e. The predicted molar refractivity (Wildman–Crippen MR) is 48.2 cm³/mol. The lowest BCUT2D eigenvalue weighted by Gasteiger charge is -2.14. The summed E-state index contributed by atoms with van der Waals surface area (Å²) in [6.45, 7) is 5.65. The first-order valence-corrected chi connectivity index (χ1v) is 4.09. The Bertz CT molecular complexity index is 79.7. The van der Waals surface area contributed by atoms with Crippen LogP contribution in [0, 0.1) is 0 Å². The molecule has 3 heteroatoms. The van der Waals surface area contributed by atoms with Gasteiger partial charge in [-0.15, -0.1) is 24.0 Å². The summed E-state index contributed by atoms with van der Waals surface area (Å²) in [6.07, 6.45) is 2.73. The van der Waals surface area contributed by atoms with Gasteiger partial charge in [0, 0.05) is 11.9 Å². The molecule has 0 unspecified atom stereocenters. The van der Waals surface area contributed by atoms with Gasteiger partial charge in [0.25, 0.3) is 0 Å². The molecule has 0 N–H and O–H groups in total. The molecular formula is C7H15Cl2N. The Labute approximate surface area is 74.1 Å². The largest absolute Gasteiger partial charge is 0.302 e. The van der Waals surface area contributed by atoms with Crippen molar-refractivity contribution in [1.82, 2.24) is 4.90 Å². The van der Waals surface area contributed by atoms with Crippen molar-refractivity contribution in [3.63, 3.8) is 0 Å². The van der Waals surface area contributed by atoms with E-state index in [1.165, 1.54) is 25.9 Å². The van der Waals surface area contributed by atoms with E-state index in [1.807, 2.05) is 0 Å². The molecule has 0 aromatic heterocycles. The molecular weight excluding hydrogens is 169 g/mol. The molecule has 0 bridgehead atoms. The van der Waals surface area contributed by atoms with Gasteiger partial charge in [0.15, 0.2) is 0 Å². The van der Waals surface area contributed by atoms with Crippen LogP contribution in [0.4, 0.5) is 0 Å². The number of likely N-dealkylation sites (tertiary alicyclic amines) is 1. The topological polar surface area (TPSA) is 3.24 Å². The lowest BCUT2D eigenvalue weighted by atomic mass is 10.4. The average Bonchev–Trinajstić information content (AvgIpc) is 2.15. The van der Waals surface area contributed by atoms with E-state index in [4.69, 9.17) is 11.6 Å². The van der Waals surface area contributed by atoms with Crippen molar-refractivity contribution in [2.24, 2.45) is 0 Å². The van der Waals surface area contributed by atoms with Crippen molar-refractivity contribution in [1.29, 1.82) is 0 Å². The van der Waals surface area contributed by atoms with Gasteiger partial charge in [0.2, 0.25) is 0 Å². The second-order valence-corrected chi connectivity index (χ2v) is 3.53. The molecule has 0 radical (unpaired) electrons. The molecule has 1 aliphatic heterocycles. The molecule has 1 rings (SSSR count). The summed E-state index contributed by atoms with van der Waals surface area (Å²) in [4.78, 5) is 2.43. The van der Waals surface area contributed by atoms with Crippen LogP contribution in [0.3, 0.4) is 0 Å². The van der Waals surface area contributed by atoms with Gasteiger partial charge in [0.05, 0.1) is 0 Å². The fourth-order valence-electron chi connectivity index (χ4n) is 1.32. The molecule has 0 aromatic carbocycles. The summed E-state index contributed by atoms with van der Waals surface area (Å²) >= 11 is 5.82. The molecule has 1 aliphatic rings. The Kier molecular flexibility index (Phi) is 5.51. The number of halogens is 2. The van der Waals surface area contributed by atoms with Crippen molar-refractivity contribution in [3.8, 4) is 0 Å². The molecule has 0 saturated carbocycles. The summed E-state index contributed by atoms with van der Waals surface area (Å²) < 4.78 is 0. The molecule has 0 spiro atoms. The average molecular weight is 184 g/mol. The number of nitrogens with zero attached hydrogens (tertiary/aromatic N) is 1. The Balaban J connectivity index is 0.000000810. The monoisotopic (exact) mass is 183 g/mol. The summed E-state index contributed by atoms with van der Waals surface area (Å²) in [6, 6.07) is 0. The van der Waals surface area contributed by atoms with Crippen LogP contribution in [0.2, 0.25) is 0 Å². The van der Waals surface area contributed by atoms with Crippen LogP contribution < -0.4 is 0 Å². The number of hydrogen-bond acceptors (Lipinski definition) is 1. The van der Waals surface area contributed by atoms with Crippen molar-refractivity contribution in [3.05, 3.63) is 0 Å². The van der Waals surface area contributed by atoms with E-state index in [9.17, 15) is 0 Å². The minimum absolute atomic E-state index is 0. The summed E-state index contributed by atoms with van der Waals surface area (Å²) in [7, 11) is 0. The fraction of sp³-hybridized carbons (Fsp3) is 1.00. The van der Waals surface area contributed by atoms with Crippen molar-refractivity contribution in [2.45, 2.75) is 25.1 Å². The Hall–Kier alpha value is 0.540. The van der Waals surface area contributed by atoms with Crippen LogP contribution in [-0.4, -0.2) is 29.9 Å². The van der Waals surface area contributed by atoms with E-state index in [0.29, 0.717) is 5.38 Å². The SMILES string of the molecule is C[C@@H](Cl)CN1CCCC1.Cl. The molecule has 0 aliphatic carbocycles. The second-order valence-electron chi connectivity index (χ2n) is 2.79. The Morgan fingerprint density at radius 3 is 2.30 bits per heavy atom. The smallest absolute Gasteiger partial charge is 0.0435 e. The van der Waals surface area contributed by atoms with Gasteiger partial charge in [-0.1, -0.05) is 0 Å². The highest BCUT2D eigenvalue weighted by Gasteiger charge is 2.12. The van der Waals surface area contributed by atoms with E-state index in [1.54, 1.807) is 0 Å². The van der Waals surface area contributed by atoms with Crippen LogP contribution in [-0.2, 0) is 0 Å². The quantitative estimate of drug-likeness (QED) is 0.594. The van der Waals surface area contributed by atoms with Crippen LogP contribution in [0.1, 0.15) is 19.8 Å². The molecule has 62 valence electrons. The lowest BCUT2D eigenvalue weighted by Crippen LogP contribution is -2.25. The molecule has 1 heterocycles. The fourth-order valence-corrected chi connectivity index (χ4v) is 1.52. The highest BCUT2D eigenvalue weighted by molar-refractivity contribution is 6.20. The zero-order valence-electron chi connectivity index (χ0n) is 6.35. The van der Waals surface area contributed by atoms with Gasteiger partial charge in [0.1, 0.15) is 0 Å². The number of rotatable bonds is 2. The zero-order chi connectivity index (χ0) is 6.69. The molecule has 1 nitrogen and oxygen atoms in total. The maximum Gasteiger partial charge on any atom is 0.0435 e. The van der Waals surface area contributed by atoms with E-state index < -0.39 is 0 Å². The Morgan fingerprint density at radius 1 is 1.40 bits per heavy atom. The number of alkyl halides is 1. The van der Waals surface area contributed by atoms with Gasteiger partial charge in [-0.2, -0.15) is 0 Å². The highest BCUT2D eigenvalue weighted by Crippen LogP contribution is 2.09. The maximum absolute atomic E-state index is 5.82. The maximum atomic E-state index is 5.82. The first-order valence-electron chi connectivity index (χ1n) is 3.65. The van der Waals surface area contributed by atoms with Crippen molar-refractivity contribution < 1.29 is 0 Å². The van der Waals surface area contributed by atoms with E-state index in [2.05, 4.69) is 11.8 Å². The van der Waals surface area contributed by atoms with Crippen molar-refractivity contribution >= 4 is 24.0 Å². The third kappa shape index (κ3) is 3.65. The van der Waals surface area contributed by atoms with Crippen LogP contribution in [0.25, 0.3) is 0 Å². The van der Waals surface area contributed by atoms with Crippen LogP contribution in [0.5, 0.6) is 0 Å². The third-order valence-electron chi connectivity index (χ3n) is 1.71. The van der Waals surface area contributed by atoms with Gasteiger partial charge in [-0.05, 0) is 32.9 Å². The summed E-state index contributed by atoms with van der Waals surface area (Å²) in [5, 5.41) is 0.322. The normalized spacial score (nSPS) is 22.2. The molecule has 10 heavy (non-hydrogen) atoms. The Morgan fingerprint density at radius 2 is 1.90 bits per heavy atom. The van der Waals surface area contributed by atoms with Gasteiger partial charge in [-0.25, -0.2) is 0 Å². The van der Waals surface area contributed by atoms with Gasteiger partial charge < -0.3 is 4.90 Å². The van der Waals surface area contributed by atoms with Crippen LogP contribution in [0.15, 0.2) is 0 Å². The summed E-state index contributed by atoms with van der Waals surface area (Å²) in [5.74, 6) is 0. The molecule has 1 fully saturated rings. The van der Waals surface area contributed by atoms with Gasteiger partial charge in [-0.3, -0.25) is 0 Å². The number of hydrogen-bond donors (Lipinski definition) is 0. The van der Waals surface area contributed by atoms with Crippen LogP contribution >= 0.6 is 24.0 Å². The van der Waals surface area contributed by atoms with Crippen molar-refractivity contribution in [2.75, 3.05) is 19.6 Å². The third-order valence-corrected chi connectivity index (χ3v) is 1.85. The lowest BCUT2D eigenvalue weighted by molar-refractivity contribution is 0.342.